The maximum absolute atomic E-state index is 6.08. The van der Waals surface area contributed by atoms with E-state index >= 15 is 0 Å². The standard InChI is InChI=1S/C13H13ClN2OS/c14-9-1-2-13-11(5-9)12(3-4-18-13)16-7-10-6-15-8-17-10/h1-2,5-6,8,12,16H,3-4,7H2. The Morgan fingerprint density at radius 2 is 2.44 bits per heavy atom. The van der Waals surface area contributed by atoms with Gasteiger partial charge in [-0.15, -0.1) is 11.8 Å². The molecule has 1 unspecified atom stereocenters. The molecule has 3 rings (SSSR count). The molecule has 94 valence electrons. The number of halogens is 1. The molecule has 3 nitrogen and oxygen atoms in total. The van der Waals surface area contributed by atoms with Crippen LogP contribution in [0, 0.1) is 0 Å². The summed E-state index contributed by atoms with van der Waals surface area (Å²) in [6, 6.07) is 6.45. The van der Waals surface area contributed by atoms with Gasteiger partial charge in [0.25, 0.3) is 0 Å². The molecular weight excluding hydrogens is 268 g/mol. The summed E-state index contributed by atoms with van der Waals surface area (Å²) in [5, 5.41) is 4.30. The molecule has 1 aliphatic rings. The summed E-state index contributed by atoms with van der Waals surface area (Å²) in [6.45, 7) is 0.696. The molecule has 0 radical (unpaired) electrons. The smallest absolute Gasteiger partial charge is 0.180 e. The van der Waals surface area contributed by atoms with E-state index in [1.165, 1.54) is 16.9 Å². The largest absolute Gasteiger partial charge is 0.447 e. The molecule has 1 aromatic carbocycles. The van der Waals surface area contributed by atoms with Crippen LogP contribution in [-0.2, 0) is 6.54 Å². The molecule has 0 saturated heterocycles. The molecule has 0 saturated carbocycles. The number of nitrogens with zero attached hydrogens (tertiary/aromatic N) is 1. The van der Waals surface area contributed by atoms with Crippen LogP contribution in [0.5, 0.6) is 0 Å². The fraction of sp³-hybridized carbons (Fsp3) is 0.308. The first-order valence-corrected chi connectivity index (χ1v) is 7.22. The van der Waals surface area contributed by atoms with Gasteiger partial charge in [0.2, 0.25) is 0 Å². The highest BCUT2D eigenvalue weighted by atomic mass is 35.5. The summed E-state index contributed by atoms with van der Waals surface area (Å²) in [6.07, 6.45) is 4.30. The third-order valence-electron chi connectivity index (χ3n) is 3.02. The number of thioether (sulfide) groups is 1. The SMILES string of the molecule is Clc1ccc2c(c1)C(NCc1cnco1)CCS2. The quantitative estimate of drug-likeness (QED) is 0.931. The number of nitrogens with one attached hydrogen (secondary N) is 1. The highest BCUT2D eigenvalue weighted by molar-refractivity contribution is 7.99. The van der Waals surface area contributed by atoms with Gasteiger partial charge in [-0.3, -0.25) is 0 Å². The van der Waals surface area contributed by atoms with E-state index in [4.69, 9.17) is 16.0 Å². The number of oxazole rings is 1. The van der Waals surface area contributed by atoms with Gasteiger partial charge < -0.3 is 9.73 Å². The van der Waals surface area contributed by atoms with E-state index < -0.39 is 0 Å². The Morgan fingerprint density at radius 3 is 3.28 bits per heavy atom. The van der Waals surface area contributed by atoms with Gasteiger partial charge in [0.05, 0.1) is 12.7 Å². The fourth-order valence-corrected chi connectivity index (χ4v) is 3.42. The van der Waals surface area contributed by atoms with Crippen molar-refractivity contribution >= 4 is 23.4 Å². The van der Waals surface area contributed by atoms with E-state index in [0.29, 0.717) is 12.6 Å². The summed E-state index contributed by atoms with van der Waals surface area (Å²) < 4.78 is 5.23. The first-order chi connectivity index (χ1) is 8.83. The lowest BCUT2D eigenvalue weighted by Gasteiger charge is -2.25. The Balaban J connectivity index is 1.76. The zero-order chi connectivity index (χ0) is 12.4. The number of fused-ring (bicyclic) bond motifs is 1. The minimum atomic E-state index is 0.338. The second-order valence-corrected chi connectivity index (χ2v) is 5.79. The maximum Gasteiger partial charge on any atom is 0.180 e. The van der Waals surface area contributed by atoms with Crippen LogP contribution < -0.4 is 5.32 Å². The van der Waals surface area contributed by atoms with E-state index in [1.54, 1.807) is 6.20 Å². The molecule has 2 aromatic rings. The van der Waals surface area contributed by atoms with Crippen molar-refractivity contribution in [2.45, 2.75) is 23.9 Å². The van der Waals surface area contributed by atoms with Gasteiger partial charge in [-0.05, 0) is 35.9 Å². The van der Waals surface area contributed by atoms with Crippen molar-refractivity contribution in [2.75, 3.05) is 5.75 Å². The maximum atomic E-state index is 6.08. The lowest BCUT2D eigenvalue weighted by molar-refractivity contribution is 0.438. The van der Waals surface area contributed by atoms with Gasteiger partial charge in [0.1, 0.15) is 5.76 Å². The summed E-state index contributed by atoms with van der Waals surface area (Å²) in [5.74, 6) is 1.99. The average molecular weight is 281 g/mol. The highest BCUT2D eigenvalue weighted by Gasteiger charge is 2.20. The van der Waals surface area contributed by atoms with Crippen LogP contribution in [0.2, 0.25) is 5.02 Å². The Hall–Kier alpha value is -0.970. The first kappa shape index (κ1) is 12.1. The normalized spacial score (nSPS) is 18.6. The highest BCUT2D eigenvalue weighted by Crippen LogP contribution is 2.37. The van der Waals surface area contributed by atoms with Crippen LogP contribution in [0.1, 0.15) is 23.8 Å². The van der Waals surface area contributed by atoms with E-state index in [9.17, 15) is 0 Å². The Labute approximate surface area is 115 Å². The predicted molar refractivity (Wildman–Crippen MR) is 72.9 cm³/mol. The van der Waals surface area contributed by atoms with Crippen LogP contribution >= 0.6 is 23.4 Å². The number of hydrogen-bond donors (Lipinski definition) is 1. The third-order valence-corrected chi connectivity index (χ3v) is 4.38. The summed E-state index contributed by atoms with van der Waals surface area (Å²) in [4.78, 5) is 5.23. The molecule has 0 spiro atoms. The second-order valence-electron chi connectivity index (χ2n) is 4.22. The van der Waals surface area contributed by atoms with E-state index in [2.05, 4.69) is 22.4 Å². The van der Waals surface area contributed by atoms with Gasteiger partial charge >= 0.3 is 0 Å². The summed E-state index contributed by atoms with van der Waals surface area (Å²) in [5.41, 5.74) is 1.29. The minimum Gasteiger partial charge on any atom is -0.447 e. The molecule has 0 fully saturated rings. The van der Waals surface area contributed by atoms with Crippen molar-refractivity contribution in [3.63, 3.8) is 0 Å². The van der Waals surface area contributed by atoms with Crippen molar-refractivity contribution in [1.82, 2.24) is 10.3 Å². The predicted octanol–water partition coefficient (Wildman–Crippen LogP) is 3.65. The summed E-state index contributed by atoms with van der Waals surface area (Å²) >= 11 is 7.97. The average Bonchev–Trinajstić information content (AvgIpc) is 2.89. The number of benzene rings is 1. The van der Waals surface area contributed by atoms with Gasteiger partial charge in [-0.25, -0.2) is 4.98 Å². The van der Waals surface area contributed by atoms with Crippen LogP contribution in [0.25, 0.3) is 0 Å². The van der Waals surface area contributed by atoms with Crippen molar-refractivity contribution in [3.05, 3.63) is 47.1 Å². The molecule has 1 aromatic heterocycles. The minimum absolute atomic E-state index is 0.338. The Bertz CT molecular complexity index is 530. The van der Waals surface area contributed by atoms with Crippen molar-refractivity contribution < 1.29 is 4.42 Å². The van der Waals surface area contributed by atoms with Gasteiger partial charge in [-0.1, -0.05) is 11.6 Å². The van der Waals surface area contributed by atoms with E-state index in [1.807, 2.05) is 17.8 Å². The molecular formula is C13H13ClN2OS. The Morgan fingerprint density at radius 1 is 1.50 bits per heavy atom. The molecule has 2 heterocycles. The molecule has 1 N–H and O–H groups in total. The third kappa shape index (κ3) is 2.55. The molecule has 0 amide bonds. The molecule has 5 heteroatoms. The lowest BCUT2D eigenvalue weighted by atomic mass is 10.0. The molecule has 1 atom stereocenters. The number of hydrogen-bond acceptors (Lipinski definition) is 4. The zero-order valence-electron chi connectivity index (χ0n) is 9.73. The van der Waals surface area contributed by atoms with E-state index in [-0.39, 0.29) is 0 Å². The zero-order valence-corrected chi connectivity index (χ0v) is 11.3. The fourth-order valence-electron chi connectivity index (χ4n) is 2.13. The van der Waals surface area contributed by atoms with Crippen molar-refractivity contribution in [3.8, 4) is 0 Å². The van der Waals surface area contributed by atoms with Crippen molar-refractivity contribution in [2.24, 2.45) is 0 Å². The van der Waals surface area contributed by atoms with Crippen LogP contribution in [-0.4, -0.2) is 10.7 Å². The molecule has 0 bridgehead atoms. The number of rotatable bonds is 3. The molecule has 18 heavy (non-hydrogen) atoms. The first-order valence-electron chi connectivity index (χ1n) is 5.86. The van der Waals surface area contributed by atoms with Crippen molar-refractivity contribution in [1.29, 1.82) is 0 Å². The lowest BCUT2D eigenvalue weighted by Crippen LogP contribution is -2.24. The van der Waals surface area contributed by atoms with Gasteiger partial charge in [-0.2, -0.15) is 0 Å². The number of aromatic nitrogens is 1. The van der Waals surface area contributed by atoms with Crippen LogP contribution in [0.3, 0.4) is 0 Å². The van der Waals surface area contributed by atoms with Crippen LogP contribution in [0.4, 0.5) is 0 Å². The Kier molecular flexibility index (Phi) is 3.59. The van der Waals surface area contributed by atoms with Crippen LogP contribution in [0.15, 0.2) is 40.1 Å². The second kappa shape index (κ2) is 5.34. The topological polar surface area (TPSA) is 38.1 Å². The van der Waals surface area contributed by atoms with Gasteiger partial charge in [0, 0.05) is 16.0 Å². The van der Waals surface area contributed by atoms with E-state index in [0.717, 1.165) is 23.0 Å². The summed E-state index contributed by atoms with van der Waals surface area (Å²) in [7, 11) is 0. The van der Waals surface area contributed by atoms with Gasteiger partial charge in [0.15, 0.2) is 6.39 Å². The monoisotopic (exact) mass is 280 g/mol. The molecule has 0 aliphatic carbocycles. The molecule has 1 aliphatic heterocycles.